The van der Waals surface area contributed by atoms with E-state index in [1.54, 1.807) is 41.3 Å². The van der Waals surface area contributed by atoms with Crippen LogP contribution in [0, 0.1) is 5.92 Å². The van der Waals surface area contributed by atoms with E-state index in [2.05, 4.69) is 19.9 Å². The van der Waals surface area contributed by atoms with E-state index in [4.69, 9.17) is 4.74 Å². The number of fused-ring (bicyclic) bond motifs is 4. The number of phenolic OH excluding ortho intramolecular Hbond substituents is 1. The molecule has 2 bridgehead atoms. The molecule has 0 saturated carbocycles. The van der Waals surface area contributed by atoms with Crippen LogP contribution in [0.15, 0.2) is 108 Å². The van der Waals surface area contributed by atoms with Crippen molar-refractivity contribution in [3.63, 3.8) is 0 Å². The van der Waals surface area contributed by atoms with Crippen molar-refractivity contribution in [2.75, 3.05) is 45.0 Å². The van der Waals surface area contributed by atoms with E-state index in [1.165, 1.54) is 12.1 Å². The lowest BCUT2D eigenvalue weighted by Crippen LogP contribution is -2.55. The summed E-state index contributed by atoms with van der Waals surface area (Å²) in [6.07, 6.45) is 2.43. The molecule has 13 nitrogen and oxygen atoms in total. The number of H-pyrrole nitrogens is 1. The van der Waals surface area contributed by atoms with Gasteiger partial charge >= 0.3 is 5.97 Å². The van der Waals surface area contributed by atoms with Crippen LogP contribution in [0.4, 0.5) is 0 Å². The molecule has 5 aromatic rings. The molecule has 1 amide bonds. The zero-order valence-corrected chi connectivity index (χ0v) is 34.9. The summed E-state index contributed by atoms with van der Waals surface area (Å²) < 4.78 is 34.9. The molecule has 5 heterocycles. The summed E-state index contributed by atoms with van der Waals surface area (Å²) in [4.78, 5) is 46.1. The summed E-state index contributed by atoms with van der Waals surface area (Å²) in [5.74, 6) is -0.0559. The molecule has 9 rings (SSSR count). The van der Waals surface area contributed by atoms with E-state index in [0.717, 1.165) is 54.7 Å². The molecular formula is C47H53N5O8S. The lowest BCUT2D eigenvalue weighted by atomic mass is 9.72. The number of rotatable bonds is 15. The number of likely N-dealkylation sites (tertiary alicyclic amines) is 1. The number of aryl methyl sites for hydroxylation is 1. The minimum atomic E-state index is -3.60. The number of aliphatic hydroxyl groups is 1. The third-order valence-corrected chi connectivity index (χ3v) is 14.1. The number of carbonyl (C=O) groups is 2. The lowest BCUT2D eigenvalue weighted by Gasteiger charge is -2.46. The molecule has 0 radical (unpaired) electrons. The topological polar surface area (TPSA) is 181 Å². The van der Waals surface area contributed by atoms with Crippen LogP contribution in [-0.4, -0.2) is 96.4 Å². The maximum Gasteiger partial charge on any atom is 0.317 e. The highest BCUT2D eigenvalue weighted by atomic mass is 32.2. The van der Waals surface area contributed by atoms with Gasteiger partial charge in [-0.2, -0.15) is 0 Å². The Balaban J connectivity index is 0.785. The number of amides is 1. The van der Waals surface area contributed by atoms with Crippen molar-refractivity contribution in [2.24, 2.45) is 5.92 Å². The van der Waals surface area contributed by atoms with Crippen molar-refractivity contribution in [3.8, 4) is 5.75 Å². The predicted octanol–water partition coefficient (Wildman–Crippen LogP) is 4.53. The van der Waals surface area contributed by atoms with E-state index in [-0.39, 0.29) is 53.6 Å². The monoisotopic (exact) mass is 847 g/mol. The number of aromatic amines is 1. The van der Waals surface area contributed by atoms with E-state index in [9.17, 15) is 33.0 Å². The van der Waals surface area contributed by atoms with Gasteiger partial charge in [-0.25, -0.2) is 13.1 Å². The number of nitrogens with one attached hydrogen (secondary N) is 3. The molecule has 4 aliphatic rings. The Morgan fingerprint density at radius 3 is 2.20 bits per heavy atom. The van der Waals surface area contributed by atoms with Crippen LogP contribution in [0.5, 0.6) is 5.75 Å². The number of nitrogens with zero attached hydrogens (tertiary/aromatic N) is 2. The number of carbonyl (C=O) groups excluding carboxylic acids is 2. The second-order valence-electron chi connectivity index (χ2n) is 16.7. The summed E-state index contributed by atoms with van der Waals surface area (Å²) >= 11 is 0. The van der Waals surface area contributed by atoms with Gasteiger partial charge in [-0.15, -0.1) is 0 Å². The molecule has 14 heteroatoms. The highest BCUT2D eigenvalue weighted by molar-refractivity contribution is 7.89. The molecule has 1 aromatic heterocycles. The molecule has 0 spiro atoms. The first-order valence-corrected chi connectivity index (χ1v) is 22.8. The maximum atomic E-state index is 14.0. The Labute approximate surface area is 355 Å². The second-order valence-corrected chi connectivity index (χ2v) is 18.6. The van der Waals surface area contributed by atoms with Crippen LogP contribution in [0.1, 0.15) is 70.0 Å². The number of hydrogen-bond donors (Lipinski definition) is 5. The van der Waals surface area contributed by atoms with Gasteiger partial charge in [-0.1, -0.05) is 72.8 Å². The van der Waals surface area contributed by atoms with Crippen molar-refractivity contribution in [1.29, 1.82) is 0 Å². The number of aromatic hydroxyl groups is 1. The van der Waals surface area contributed by atoms with Gasteiger partial charge < -0.3 is 30.2 Å². The van der Waals surface area contributed by atoms with Crippen LogP contribution in [0.2, 0.25) is 0 Å². The zero-order chi connectivity index (χ0) is 42.6. The van der Waals surface area contributed by atoms with E-state index < -0.39 is 21.5 Å². The third kappa shape index (κ3) is 9.74. The van der Waals surface area contributed by atoms with Crippen molar-refractivity contribution < 1.29 is 33.0 Å². The first kappa shape index (κ1) is 42.3. The Morgan fingerprint density at radius 2 is 1.51 bits per heavy atom. The number of aromatic nitrogens is 1. The largest absolute Gasteiger partial charge is 0.506 e. The van der Waals surface area contributed by atoms with Crippen LogP contribution in [-0.2, 0) is 44.5 Å². The van der Waals surface area contributed by atoms with Crippen LogP contribution < -0.4 is 15.6 Å². The normalized spacial score (nSPS) is 20.3. The average molecular weight is 848 g/mol. The highest BCUT2D eigenvalue weighted by Gasteiger charge is 2.47. The minimum Gasteiger partial charge on any atom is -0.506 e. The van der Waals surface area contributed by atoms with Gasteiger partial charge in [0, 0.05) is 56.3 Å². The molecule has 2 atom stereocenters. The van der Waals surface area contributed by atoms with Crippen molar-refractivity contribution in [3.05, 3.63) is 147 Å². The van der Waals surface area contributed by atoms with Crippen LogP contribution in [0.25, 0.3) is 10.9 Å². The zero-order valence-electron chi connectivity index (χ0n) is 34.1. The molecule has 4 fully saturated rings. The summed E-state index contributed by atoms with van der Waals surface area (Å²) in [6, 6.07) is 30.4. The number of pyridine rings is 1. The number of phenols is 1. The molecule has 61 heavy (non-hydrogen) atoms. The van der Waals surface area contributed by atoms with Crippen LogP contribution >= 0.6 is 0 Å². The summed E-state index contributed by atoms with van der Waals surface area (Å²) in [7, 11) is -3.60. The lowest BCUT2D eigenvalue weighted by molar-refractivity contribution is -0.167. The molecule has 5 N–H and O–H groups in total. The minimum absolute atomic E-state index is 0.0677. The van der Waals surface area contributed by atoms with E-state index in [0.29, 0.717) is 61.3 Å². The number of ether oxygens (including phenoxy) is 1. The molecule has 4 aliphatic heterocycles. The van der Waals surface area contributed by atoms with E-state index in [1.807, 2.05) is 54.6 Å². The Bertz CT molecular complexity index is 2500. The Hall–Kier alpha value is -5.38. The number of piperidine rings is 4. The quantitative estimate of drug-likeness (QED) is 0.0940. The third-order valence-electron chi connectivity index (χ3n) is 12.8. The van der Waals surface area contributed by atoms with Gasteiger partial charge in [-0.05, 0) is 103 Å². The summed E-state index contributed by atoms with van der Waals surface area (Å²) in [5, 5.41) is 24.7. The summed E-state index contributed by atoms with van der Waals surface area (Å²) in [6.45, 7) is 4.56. The van der Waals surface area contributed by atoms with Crippen LogP contribution in [0.3, 0.4) is 0 Å². The number of hydrogen-bond acceptors (Lipinski definition) is 10. The Kier molecular flexibility index (Phi) is 12.7. The van der Waals surface area contributed by atoms with Gasteiger partial charge in [0.25, 0.3) is 5.91 Å². The standard InChI is InChI=1S/C47H53N5O8S/c53-40-16-14-38(39-15-17-43(55)50-44(39)40)41(54)30-48-28-33-8-6-32(7-9-33)20-27-61(58,59)49-29-34-10-12-36(13-11-34)45(56)52-25-21-47(22-26-52,37-4-2-1-3-5-37)46(57)60-42-31-51-23-18-35(42)19-24-51/h1-17,35,41-42,48-49,53-54H,18-31H2,(H,50,55)/t41-,42-/m0/s1. The molecule has 4 saturated heterocycles. The average Bonchev–Trinajstić information content (AvgIpc) is 3.29. The number of sulfonamides is 1. The Morgan fingerprint density at radius 1 is 0.836 bits per heavy atom. The van der Waals surface area contributed by atoms with Gasteiger partial charge in [0.15, 0.2) is 0 Å². The van der Waals surface area contributed by atoms with Gasteiger partial charge in [0.1, 0.15) is 11.9 Å². The number of esters is 1. The highest BCUT2D eigenvalue weighted by Crippen LogP contribution is 2.39. The SMILES string of the molecule is O=C(c1ccc(CNS(=O)(=O)CCc2ccc(CNC[C@H](O)c3ccc(O)c4[nH]c(=O)ccc34)cc2)cc1)N1CCC(C(=O)O[C@H]2CN3CCC2CC3)(c2ccccc2)CC1. The second kappa shape index (κ2) is 18.3. The first-order valence-electron chi connectivity index (χ1n) is 21.1. The van der Waals surface area contributed by atoms with Crippen molar-refractivity contribution in [1.82, 2.24) is 24.8 Å². The van der Waals surface area contributed by atoms with Gasteiger partial charge in [-0.3, -0.25) is 19.3 Å². The molecule has 320 valence electrons. The molecule has 0 unspecified atom stereocenters. The van der Waals surface area contributed by atoms with Crippen molar-refractivity contribution in [2.45, 2.75) is 62.8 Å². The fourth-order valence-corrected chi connectivity index (χ4v) is 10.1. The van der Waals surface area contributed by atoms with Gasteiger partial charge in [0.05, 0.1) is 22.8 Å². The first-order chi connectivity index (χ1) is 29.5. The molecule has 0 aliphatic carbocycles. The predicted molar refractivity (Wildman–Crippen MR) is 232 cm³/mol. The van der Waals surface area contributed by atoms with Crippen molar-refractivity contribution >= 4 is 32.8 Å². The number of aliphatic hydroxyl groups excluding tert-OH is 1. The fourth-order valence-electron chi connectivity index (χ4n) is 9.06. The summed E-state index contributed by atoms with van der Waals surface area (Å²) in [5.41, 5.74) is 3.70. The van der Waals surface area contributed by atoms with E-state index >= 15 is 0 Å². The molecule has 4 aromatic carbocycles. The number of benzene rings is 4. The smallest absolute Gasteiger partial charge is 0.317 e. The molecular weight excluding hydrogens is 795 g/mol. The maximum absolute atomic E-state index is 14.0. The fraction of sp³-hybridized carbons (Fsp3) is 0.383. The van der Waals surface area contributed by atoms with Gasteiger partial charge in [0.2, 0.25) is 15.6 Å².